The second-order valence-electron chi connectivity index (χ2n) is 6.46. The highest BCUT2D eigenvalue weighted by Crippen LogP contribution is 2.28. The summed E-state index contributed by atoms with van der Waals surface area (Å²) in [6, 6.07) is 4.92. The van der Waals surface area contributed by atoms with Gasteiger partial charge in [-0.2, -0.15) is 18.3 Å². The minimum Gasteiger partial charge on any atom is -0.255 e. The number of hydrogen-bond donors (Lipinski definition) is 1. The first-order valence-electron chi connectivity index (χ1n) is 7.44. The fourth-order valence-electron chi connectivity index (χ4n) is 2.07. The Bertz CT molecular complexity index is 878. The molecule has 1 N–H and O–H groups in total. The first-order chi connectivity index (χ1) is 11.6. The van der Waals surface area contributed by atoms with Gasteiger partial charge in [0.25, 0.3) is 0 Å². The van der Waals surface area contributed by atoms with Crippen molar-refractivity contribution in [3.05, 3.63) is 42.2 Å². The summed E-state index contributed by atoms with van der Waals surface area (Å²) in [5.41, 5.74) is 1.22. The van der Waals surface area contributed by atoms with Crippen LogP contribution < -0.4 is 0 Å². The van der Waals surface area contributed by atoms with Gasteiger partial charge in [-0.1, -0.05) is 26.8 Å². The van der Waals surface area contributed by atoms with E-state index in [-0.39, 0.29) is 16.9 Å². The number of H-pyrrole nitrogens is 1. The molecule has 0 aliphatic rings. The Morgan fingerprint density at radius 2 is 1.56 bits per heavy atom. The smallest absolute Gasteiger partial charge is 0.255 e. The van der Waals surface area contributed by atoms with Crippen LogP contribution in [0.2, 0.25) is 0 Å². The summed E-state index contributed by atoms with van der Waals surface area (Å²) in [5.74, 6) is -0.592. The van der Waals surface area contributed by atoms with Crippen LogP contribution in [0.5, 0.6) is 0 Å². The zero-order valence-electron chi connectivity index (χ0n) is 13.8. The van der Waals surface area contributed by atoms with E-state index in [4.69, 9.17) is 0 Å². The maximum Gasteiger partial charge on any atom is 0.451 e. The van der Waals surface area contributed by atoms with Gasteiger partial charge in [-0.25, -0.2) is 19.9 Å². The van der Waals surface area contributed by atoms with E-state index >= 15 is 0 Å². The molecular formula is C16H15F3N6. The van der Waals surface area contributed by atoms with E-state index in [9.17, 15) is 13.2 Å². The summed E-state index contributed by atoms with van der Waals surface area (Å²) >= 11 is 0. The second-order valence-corrected chi connectivity index (χ2v) is 6.46. The lowest BCUT2D eigenvalue weighted by molar-refractivity contribution is -0.144. The molecule has 0 unspecified atom stereocenters. The van der Waals surface area contributed by atoms with Crippen molar-refractivity contribution in [1.29, 1.82) is 0 Å². The van der Waals surface area contributed by atoms with Gasteiger partial charge in [-0.05, 0) is 12.1 Å². The first-order valence-corrected chi connectivity index (χ1v) is 7.44. The van der Waals surface area contributed by atoms with Crippen LogP contribution in [-0.2, 0) is 11.6 Å². The second kappa shape index (κ2) is 5.91. The molecule has 9 heteroatoms. The van der Waals surface area contributed by atoms with Crippen LogP contribution in [0.3, 0.4) is 0 Å². The molecule has 0 radical (unpaired) electrons. The molecule has 0 aliphatic carbocycles. The SMILES string of the molecule is CC(C)(C)c1ncc(-c2cccc(-c3n[nH]c(C(F)(F)F)n3)n2)cn1. The van der Waals surface area contributed by atoms with Gasteiger partial charge in [-0.3, -0.25) is 5.10 Å². The van der Waals surface area contributed by atoms with Crippen LogP contribution in [-0.4, -0.2) is 30.1 Å². The van der Waals surface area contributed by atoms with E-state index in [0.717, 1.165) is 0 Å². The average molecular weight is 348 g/mol. The van der Waals surface area contributed by atoms with Crippen molar-refractivity contribution in [3.63, 3.8) is 0 Å². The monoisotopic (exact) mass is 348 g/mol. The van der Waals surface area contributed by atoms with Crippen LogP contribution >= 0.6 is 0 Å². The van der Waals surface area contributed by atoms with Gasteiger partial charge < -0.3 is 0 Å². The lowest BCUT2D eigenvalue weighted by Crippen LogP contribution is -2.15. The lowest BCUT2D eigenvalue weighted by Gasteiger charge is -2.16. The van der Waals surface area contributed by atoms with E-state index in [0.29, 0.717) is 17.1 Å². The highest BCUT2D eigenvalue weighted by molar-refractivity contribution is 5.61. The summed E-state index contributed by atoms with van der Waals surface area (Å²) in [6.45, 7) is 6.01. The van der Waals surface area contributed by atoms with Crippen molar-refractivity contribution in [2.75, 3.05) is 0 Å². The Morgan fingerprint density at radius 3 is 2.12 bits per heavy atom. The summed E-state index contributed by atoms with van der Waals surface area (Å²) < 4.78 is 37.9. The quantitative estimate of drug-likeness (QED) is 0.765. The fourth-order valence-corrected chi connectivity index (χ4v) is 2.07. The number of aromatic amines is 1. The van der Waals surface area contributed by atoms with Gasteiger partial charge in [0, 0.05) is 23.4 Å². The summed E-state index contributed by atoms with van der Waals surface area (Å²) in [5, 5.41) is 5.46. The molecule has 0 bridgehead atoms. The van der Waals surface area contributed by atoms with Crippen LogP contribution in [0, 0.1) is 0 Å². The molecule has 0 amide bonds. The zero-order valence-corrected chi connectivity index (χ0v) is 13.8. The summed E-state index contributed by atoms with van der Waals surface area (Å²) in [6.07, 6.45) is -1.31. The minimum absolute atomic E-state index is 0.124. The molecule has 0 fully saturated rings. The number of halogens is 3. The minimum atomic E-state index is -4.58. The third-order valence-corrected chi connectivity index (χ3v) is 3.35. The normalized spacial score (nSPS) is 12.4. The third-order valence-electron chi connectivity index (χ3n) is 3.35. The van der Waals surface area contributed by atoms with E-state index < -0.39 is 12.0 Å². The van der Waals surface area contributed by atoms with Crippen molar-refractivity contribution >= 4 is 0 Å². The third kappa shape index (κ3) is 3.65. The van der Waals surface area contributed by atoms with Crippen LogP contribution in [0.15, 0.2) is 30.6 Å². The van der Waals surface area contributed by atoms with Gasteiger partial charge in [0.2, 0.25) is 5.82 Å². The standard InChI is InChI=1S/C16H15F3N6/c1-15(2,3)13-20-7-9(8-21-13)10-5-4-6-11(22-10)12-23-14(25-24-12)16(17,18)19/h4-8H,1-3H3,(H,23,24,25). The number of nitrogens with zero attached hydrogens (tertiary/aromatic N) is 5. The summed E-state index contributed by atoms with van der Waals surface area (Å²) in [4.78, 5) is 16.4. The Labute approximate surface area is 141 Å². The molecule has 6 nitrogen and oxygen atoms in total. The molecule has 130 valence electrons. The molecule has 3 aromatic rings. The Balaban J connectivity index is 1.93. The topological polar surface area (TPSA) is 80.2 Å². The molecule has 3 rings (SSSR count). The highest BCUT2D eigenvalue weighted by atomic mass is 19.4. The molecule has 0 saturated carbocycles. The van der Waals surface area contributed by atoms with E-state index in [1.54, 1.807) is 24.5 Å². The number of nitrogens with one attached hydrogen (secondary N) is 1. The van der Waals surface area contributed by atoms with E-state index in [1.807, 2.05) is 25.9 Å². The van der Waals surface area contributed by atoms with Crippen LogP contribution in [0.4, 0.5) is 13.2 Å². The van der Waals surface area contributed by atoms with Gasteiger partial charge in [0.05, 0.1) is 5.69 Å². The molecule has 0 aliphatic heterocycles. The van der Waals surface area contributed by atoms with Crippen molar-refractivity contribution < 1.29 is 13.2 Å². The summed E-state index contributed by atoms with van der Waals surface area (Å²) in [7, 11) is 0. The Kier molecular flexibility index (Phi) is 4.02. The van der Waals surface area contributed by atoms with E-state index in [1.165, 1.54) is 6.07 Å². The molecular weight excluding hydrogens is 333 g/mol. The van der Waals surface area contributed by atoms with Crippen molar-refractivity contribution in [1.82, 2.24) is 30.1 Å². The molecule has 25 heavy (non-hydrogen) atoms. The highest BCUT2D eigenvalue weighted by Gasteiger charge is 2.35. The maximum atomic E-state index is 12.6. The Hall–Kier alpha value is -2.84. The number of aromatic nitrogens is 6. The van der Waals surface area contributed by atoms with Crippen molar-refractivity contribution in [2.24, 2.45) is 0 Å². The lowest BCUT2D eigenvalue weighted by atomic mass is 9.96. The number of pyridine rings is 1. The number of hydrogen-bond acceptors (Lipinski definition) is 5. The van der Waals surface area contributed by atoms with E-state index in [2.05, 4.69) is 25.0 Å². The van der Waals surface area contributed by atoms with Gasteiger partial charge in [0.15, 0.2) is 5.82 Å². The maximum absolute atomic E-state index is 12.6. The fraction of sp³-hybridized carbons (Fsp3) is 0.312. The largest absolute Gasteiger partial charge is 0.451 e. The molecule has 3 aromatic heterocycles. The van der Waals surface area contributed by atoms with Crippen molar-refractivity contribution in [3.8, 4) is 22.8 Å². The molecule has 0 atom stereocenters. The molecule has 0 spiro atoms. The van der Waals surface area contributed by atoms with Crippen LogP contribution in [0.25, 0.3) is 22.8 Å². The first kappa shape index (κ1) is 17.0. The zero-order chi connectivity index (χ0) is 18.2. The van der Waals surface area contributed by atoms with Crippen LogP contribution in [0.1, 0.15) is 32.4 Å². The van der Waals surface area contributed by atoms with Gasteiger partial charge in [-0.15, -0.1) is 0 Å². The van der Waals surface area contributed by atoms with Gasteiger partial charge in [0.1, 0.15) is 11.5 Å². The van der Waals surface area contributed by atoms with Gasteiger partial charge >= 0.3 is 6.18 Å². The predicted molar refractivity (Wildman–Crippen MR) is 84.3 cm³/mol. The molecule has 3 heterocycles. The average Bonchev–Trinajstić information content (AvgIpc) is 3.05. The molecule has 0 saturated heterocycles. The number of rotatable bonds is 2. The Morgan fingerprint density at radius 1 is 0.920 bits per heavy atom. The predicted octanol–water partition coefficient (Wildman–Crippen LogP) is 3.64. The number of alkyl halides is 3. The molecule has 0 aromatic carbocycles. The van der Waals surface area contributed by atoms with Crippen molar-refractivity contribution in [2.45, 2.75) is 32.4 Å².